The molecule has 10 atom stereocenters. The average Bonchev–Trinajstić information content (AvgIpc) is 2.89. The summed E-state index contributed by atoms with van der Waals surface area (Å²) in [4.78, 5) is 13.2. The zero-order valence-corrected chi connectivity index (χ0v) is 23.6. The minimum absolute atomic E-state index is 0.0210. The Balaban J connectivity index is 1.62. The van der Waals surface area contributed by atoms with Gasteiger partial charge in [-0.1, -0.05) is 50.7 Å². The maximum absolute atomic E-state index is 13.2. The predicted molar refractivity (Wildman–Crippen MR) is 145 cm³/mol. The zero-order valence-electron chi connectivity index (χ0n) is 23.6. The normalized spacial score (nSPS) is 46.1. The molecule has 0 unspecified atom stereocenters. The number of hydrogen-bond acceptors (Lipinski definition) is 4. The SMILES string of the molecule is C#CCO[C@H]1CC[C@H](OCC#C)[C@@H]2[C@H]1[C@H]1C[C@@H]3[C@@]4(C)CCC[C@@](C)(C(=O)OC)[C@@H]4CC[C@@]23C=C1C(C)C. The topological polar surface area (TPSA) is 44.8 Å². The molecule has 2 bridgehead atoms. The second-order valence-electron chi connectivity index (χ2n) is 13.5. The largest absolute Gasteiger partial charge is 0.469 e. The van der Waals surface area contributed by atoms with Crippen molar-refractivity contribution in [3.05, 3.63) is 11.6 Å². The second kappa shape index (κ2) is 9.77. The molecule has 1 spiro atoms. The van der Waals surface area contributed by atoms with Crippen LogP contribution in [0, 0.1) is 76.4 Å². The highest BCUT2D eigenvalue weighted by molar-refractivity contribution is 5.77. The minimum Gasteiger partial charge on any atom is -0.469 e. The molecule has 4 heteroatoms. The summed E-state index contributed by atoms with van der Waals surface area (Å²) in [5.41, 5.74) is 1.33. The van der Waals surface area contributed by atoms with Crippen molar-refractivity contribution in [2.45, 2.75) is 91.3 Å². The van der Waals surface area contributed by atoms with E-state index in [0.717, 1.165) is 38.5 Å². The van der Waals surface area contributed by atoms with Crippen LogP contribution in [0.15, 0.2) is 11.6 Å². The van der Waals surface area contributed by atoms with Crippen molar-refractivity contribution >= 4 is 5.97 Å². The molecule has 6 aliphatic rings. The Labute approximate surface area is 224 Å². The molecule has 0 aromatic rings. The molecule has 0 aliphatic heterocycles. The number of ether oxygens (including phenoxy) is 3. The molecule has 0 heterocycles. The molecule has 0 radical (unpaired) electrons. The van der Waals surface area contributed by atoms with E-state index in [9.17, 15) is 4.79 Å². The molecule has 0 amide bonds. The van der Waals surface area contributed by atoms with Gasteiger partial charge >= 0.3 is 5.97 Å². The quantitative estimate of drug-likeness (QED) is 0.250. The fraction of sp³-hybridized carbons (Fsp3) is 0.788. The second-order valence-corrected chi connectivity index (χ2v) is 13.5. The molecule has 4 saturated carbocycles. The molecule has 6 aliphatic carbocycles. The van der Waals surface area contributed by atoms with Gasteiger partial charge in [0.25, 0.3) is 0 Å². The summed E-state index contributed by atoms with van der Waals surface area (Å²) in [7, 11) is 1.56. The van der Waals surface area contributed by atoms with Gasteiger partial charge < -0.3 is 14.2 Å². The van der Waals surface area contributed by atoms with Gasteiger partial charge in [-0.3, -0.25) is 4.79 Å². The highest BCUT2D eigenvalue weighted by Crippen LogP contribution is 2.75. The van der Waals surface area contributed by atoms with Gasteiger partial charge in [-0.25, -0.2) is 0 Å². The van der Waals surface area contributed by atoms with E-state index < -0.39 is 5.41 Å². The number of methoxy groups -OCH3 is 1. The Morgan fingerprint density at radius 3 is 2.35 bits per heavy atom. The molecule has 4 fully saturated rings. The van der Waals surface area contributed by atoms with Gasteiger partial charge in [-0.2, -0.15) is 0 Å². The molecule has 6 rings (SSSR count). The molecule has 37 heavy (non-hydrogen) atoms. The number of carbonyl (C=O) groups is 1. The maximum atomic E-state index is 13.2. The summed E-state index contributed by atoms with van der Waals surface area (Å²) in [5, 5.41) is 0. The maximum Gasteiger partial charge on any atom is 0.311 e. The molecule has 0 saturated heterocycles. The van der Waals surface area contributed by atoms with Crippen LogP contribution in [0.25, 0.3) is 0 Å². The van der Waals surface area contributed by atoms with Gasteiger partial charge in [-0.05, 0) is 92.3 Å². The highest BCUT2D eigenvalue weighted by Gasteiger charge is 2.71. The first-order valence-corrected chi connectivity index (χ1v) is 14.6. The summed E-state index contributed by atoms with van der Waals surface area (Å²) < 4.78 is 18.3. The van der Waals surface area contributed by atoms with Crippen LogP contribution < -0.4 is 0 Å². The number of allylic oxidation sites excluding steroid dienone is 2. The summed E-state index contributed by atoms with van der Waals surface area (Å²) in [6.07, 6.45) is 22.8. The molecular formula is C33H46O4. The number of rotatable bonds is 6. The van der Waals surface area contributed by atoms with Crippen LogP contribution in [-0.2, 0) is 19.0 Å². The van der Waals surface area contributed by atoms with Crippen LogP contribution in [0.1, 0.15) is 79.1 Å². The Hall–Kier alpha value is -1.75. The monoisotopic (exact) mass is 506 g/mol. The van der Waals surface area contributed by atoms with Gasteiger partial charge in [0.15, 0.2) is 0 Å². The molecule has 4 nitrogen and oxygen atoms in total. The zero-order chi connectivity index (χ0) is 26.6. The summed E-state index contributed by atoms with van der Waals surface area (Å²) in [5.74, 6) is 8.01. The first-order valence-electron chi connectivity index (χ1n) is 14.6. The third-order valence-corrected chi connectivity index (χ3v) is 11.8. The first kappa shape index (κ1) is 26.8. The lowest BCUT2D eigenvalue weighted by atomic mass is 9.33. The molecular weight excluding hydrogens is 460 g/mol. The van der Waals surface area contributed by atoms with Crippen molar-refractivity contribution in [2.75, 3.05) is 20.3 Å². The first-order chi connectivity index (χ1) is 17.7. The fourth-order valence-electron chi connectivity index (χ4n) is 10.7. The lowest BCUT2D eigenvalue weighted by Crippen LogP contribution is -2.68. The van der Waals surface area contributed by atoms with Gasteiger partial charge in [0.2, 0.25) is 0 Å². The van der Waals surface area contributed by atoms with Crippen LogP contribution in [0.4, 0.5) is 0 Å². The molecule has 0 aromatic carbocycles. The Kier molecular flexibility index (Phi) is 7.09. The third kappa shape index (κ3) is 3.85. The number of terminal acetylenes is 2. The van der Waals surface area contributed by atoms with Crippen molar-refractivity contribution in [1.29, 1.82) is 0 Å². The van der Waals surface area contributed by atoms with Crippen LogP contribution in [0.2, 0.25) is 0 Å². The van der Waals surface area contributed by atoms with E-state index in [1.807, 2.05) is 0 Å². The highest BCUT2D eigenvalue weighted by atomic mass is 16.5. The Morgan fingerprint density at radius 1 is 1.03 bits per heavy atom. The van der Waals surface area contributed by atoms with Crippen molar-refractivity contribution in [3.8, 4) is 24.7 Å². The van der Waals surface area contributed by atoms with Crippen molar-refractivity contribution < 1.29 is 19.0 Å². The van der Waals surface area contributed by atoms with E-state index in [2.05, 4.69) is 45.6 Å². The third-order valence-electron chi connectivity index (χ3n) is 11.8. The van der Waals surface area contributed by atoms with Crippen molar-refractivity contribution in [2.24, 2.45) is 51.8 Å². The fourth-order valence-corrected chi connectivity index (χ4v) is 10.7. The van der Waals surface area contributed by atoms with Crippen LogP contribution in [0.3, 0.4) is 0 Å². The average molecular weight is 507 g/mol. The summed E-state index contributed by atoms with van der Waals surface area (Å²) >= 11 is 0. The van der Waals surface area contributed by atoms with Gasteiger partial charge in [0.05, 0.1) is 24.7 Å². The van der Waals surface area contributed by atoms with Crippen LogP contribution in [-0.4, -0.2) is 38.5 Å². The summed E-state index contributed by atoms with van der Waals surface area (Å²) in [6, 6.07) is 0. The number of carbonyl (C=O) groups excluding carboxylic acids is 1. The van der Waals surface area contributed by atoms with Gasteiger partial charge in [0, 0.05) is 5.92 Å². The van der Waals surface area contributed by atoms with Crippen molar-refractivity contribution in [1.82, 2.24) is 0 Å². The minimum atomic E-state index is -0.408. The van der Waals surface area contributed by atoms with Crippen LogP contribution in [0.5, 0.6) is 0 Å². The number of esters is 1. The van der Waals surface area contributed by atoms with Gasteiger partial charge in [-0.15, -0.1) is 12.8 Å². The van der Waals surface area contributed by atoms with E-state index in [1.165, 1.54) is 12.8 Å². The Bertz CT molecular complexity index is 1010. The smallest absolute Gasteiger partial charge is 0.311 e. The van der Waals surface area contributed by atoms with Gasteiger partial charge in [0.1, 0.15) is 13.2 Å². The van der Waals surface area contributed by atoms with E-state index in [4.69, 9.17) is 27.1 Å². The van der Waals surface area contributed by atoms with Crippen molar-refractivity contribution in [3.63, 3.8) is 0 Å². The lowest BCUT2D eigenvalue weighted by Gasteiger charge is -2.72. The number of hydrogen-bond donors (Lipinski definition) is 0. The van der Waals surface area contributed by atoms with E-state index in [0.29, 0.717) is 48.7 Å². The molecule has 0 aromatic heterocycles. The van der Waals surface area contributed by atoms with E-state index >= 15 is 0 Å². The summed E-state index contributed by atoms with van der Waals surface area (Å²) in [6.45, 7) is 10.1. The predicted octanol–water partition coefficient (Wildman–Crippen LogP) is 6.05. The molecule has 0 N–H and O–H groups in total. The van der Waals surface area contributed by atoms with E-state index in [1.54, 1.807) is 12.7 Å². The van der Waals surface area contributed by atoms with Crippen LogP contribution >= 0.6 is 0 Å². The number of fused-ring (bicyclic) bond motifs is 1. The molecule has 202 valence electrons. The van der Waals surface area contributed by atoms with E-state index in [-0.39, 0.29) is 29.0 Å². The Morgan fingerprint density at radius 2 is 1.70 bits per heavy atom. The standard InChI is InChI=1S/C33H46O4/c1-8-17-36-24-11-12-25(37-18-9-2)29-28(24)22-19-27-31(5)14-10-15-32(6,30(34)35-7)26(31)13-16-33(27,29)20-23(22)21(3)4/h1-2,20-22,24-29H,10-19H2,3-7H3/t22-,24-,25-,26+,27+,28-,29+,31-,32+,33-/m0/s1. The lowest BCUT2D eigenvalue weighted by molar-refractivity contribution is -0.236.